The monoisotopic (exact) mass is 278 g/mol. The molecule has 1 aromatic rings. The molecular weight excluding hydrogens is 256 g/mol. The lowest BCUT2D eigenvalue weighted by molar-refractivity contribution is 0.177. The van der Waals surface area contributed by atoms with E-state index in [-0.39, 0.29) is 0 Å². The molecule has 2 N–H and O–H groups in total. The maximum absolute atomic E-state index is 5.72. The number of likely N-dealkylation sites (N-methyl/N-ethyl adjacent to an activating group) is 1. The summed E-state index contributed by atoms with van der Waals surface area (Å²) in [6.07, 6.45) is 4.20. The van der Waals surface area contributed by atoms with E-state index in [9.17, 15) is 0 Å². The average Bonchev–Trinajstić information content (AvgIpc) is 2.34. The van der Waals surface area contributed by atoms with E-state index in [1.165, 1.54) is 25.8 Å². The second-order valence-electron chi connectivity index (χ2n) is 5.30. The molecule has 1 aromatic carbocycles. The van der Waals surface area contributed by atoms with Crippen molar-refractivity contribution in [3.05, 3.63) is 29.8 Å². The van der Waals surface area contributed by atoms with Crippen molar-refractivity contribution in [1.82, 2.24) is 4.90 Å². The van der Waals surface area contributed by atoms with Crippen molar-refractivity contribution in [3.63, 3.8) is 0 Å². The highest BCUT2D eigenvalue weighted by molar-refractivity contribution is 7.80. The van der Waals surface area contributed by atoms with Gasteiger partial charge in [0.2, 0.25) is 0 Å². The third-order valence-electron chi connectivity index (χ3n) is 3.68. The Morgan fingerprint density at radius 1 is 1.37 bits per heavy atom. The first-order valence-corrected chi connectivity index (χ1v) is 7.27. The van der Waals surface area contributed by atoms with E-state index in [0.29, 0.717) is 4.99 Å². The molecule has 0 heterocycles. The molecule has 0 atom stereocenters. The largest absolute Gasteiger partial charge is 0.492 e. The molecule has 104 valence electrons. The number of nitrogens with two attached hydrogens (primary N) is 1. The highest BCUT2D eigenvalue weighted by atomic mass is 32.1. The highest BCUT2D eigenvalue weighted by Gasteiger charge is 2.18. The molecule has 1 aliphatic carbocycles. The Bertz CT molecular complexity index is 415. The lowest BCUT2D eigenvalue weighted by Gasteiger charge is -2.30. The molecule has 0 spiro atoms. The lowest BCUT2D eigenvalue weighted by Crippen LogP contribution is -2.32. The number of nitrogens with zero attached hydrogens (tertiary/aromatic N) is 1. The fraction of sp³-hybridized carbons (Fsp3) is 0.533. The summed E-state index contributed by atoms with van der Waals surface area (Å²) in [6.45, 7) is 2.88. The summed E-state index contributed by atoms with van der Waals surface area (Å²) >= 11 is 4.91. The normalized spacial score (nSPS) is 15.3. The predicted molar refractivity (Wildman–Crippen MR) is 82.7 cm³/mol. The minimum Gasteiger partial charge on any atom is -0.492 e. The zero-order valence-corrected chi connectivity index (χ0v) is 12.3. The number of thiocarbonyl (C=S) groups is 1. The fourth-order valence-electron chi connectivity index (χ4n) is 2.24. The van der Waals surface area contributed by atoms with Crippen LogP contribution in [0.2, 0.25) is 0 Å². The first-order valence-electron chi connectivity index (χ1n) is 6.86. The van der Waals surface area contributed by atoms with Gasteiger partial charge in [0, 0.05) is 18.7 Å². The van der Waals surface area contributed by atoms with Gasteiger partial charge < -0.3 is 15.4 Å². The standard InChI is InChI=1S/C15H22N2OS/c1-17(11-12-3-2-4-12)9-10-18-14-7-5-13(6-8-14)15(16)19/h5-8,12H,2-4,9-11H2,1H3,(H2,16,19). The third-order valence-corrected chi connectivity index (χ3v) is 3.91. The molecule has 4 heteroatoms. The van der Waals surface area contributed by atoms with E-state index in [2.05, 4.69) is 11.9 Å². The summed E-state index contributed by atoms with van der Waals surface area (Å²) < 4.78 is 5.72. The minimum absolute atomic E-state index is 0.423. The smallest absolute Gasteiger partial charge is 0.119 e. The molecule has 0 bridgehead atoms. The third kappa shape index (κ3) is 4.48. The maximum atomic E-state index is 5.72. The Labute approximate surface area is 120 Å². The zero-order valence-electron chi connectivity index (χ0n) is 11.5. The number of rotatable bonds is 7. The Balaban J connectivity index is 1.68. The molecule has 3 nitrogen and oxygen atoms in total. The molecule has 0 aliphatic heterocycles. The topological polar surface area (TPSA) is 38.5 Å². The Morgan fingerprint density at radius 3 is 2.58 bits per heavy atom. The van der Waals surface area contributed by atoms with Crippen LogP contribution in [0, 0.1) is 5.92 Å². The molecule has 1 aliphatic rings. The summed E-state index contributed by atoms with van der Waals surface area (Å²) in [6, 6.07) is 7.63. The average molecular weight is 278 g/mol. The number of hydrogen-bond acceptors (Lipinski definition) is 3. The van der Waals surface area contributed by atoms with Crippen molar-refractivity contribution in [2.45, 2.75) is 19.3 Å². The lowest BCUT2D eigenvalue weighted by atomic mass is 9.85. The number of ether oxygens (including phenoxy) is 1. The van der Waals surface area contributed by atoms with E-state index in [1.54, 1.807) is 0 Å². The van der Waals surface area contributed by atoms with Crippen LogP contribution in [0.5, 0.6) is 5.75 Å². The van der Waals surface area contributed by atoms with Crippen molar-refractivity contribution >= 4 is 17.2 Å². The molecule has 0 amide bonds. The summed E-state index contributed by atoms with van der Waals surface area (Å²) in [5.41, 5.74) is 6.43. The second kappa shape index (κ2) is 6.87. The van der Waals surface area contributed by atoms with Crippen LogP contribution < -0.4 is 10.5 Å². The molecule has 1 saturated carbocycles. The van der Waals surface area contributed by atoms with E-state index in [1.807, 2.05) is 24.3 Å². The van der Waals surface area contributed by atoms with Crippen molar-refractivity contribution in [3.8, 4) is 5.75 Å². The van der Waals surface area contributed by atoms with Gasteiger partial charge in [-0.2, -0.15) is 0 Å². The first kappa shape index (κ1) is 14.3. The quantitative estimate of drug-likeness (QED) is 0.778. The van der Waals surface area contributed by atoms with Crippen molar-refractivity contribution in [2.24, 2.45) is 11.7 Å². The van der Waals surface area contributed by atoms with E-state index < -0.39 is 0 Å². The second-order valence-corrected chi connectivity index (χ2v) is 5.74. The molecule has 19 heavy (non-hydrogen) atoms. The van der Waals surface area contributed by atoms with Gasteiger partial charge in [-0.05, 0) is 50.1 Å². The molecule has 2 rings (SSSR count). The predicted octanol–water partition coefficient (Wildman–Crippen LogP) is 2.43. The molecule has 0 saturated heterocycles. The van der Waals surface area contributed by atoms with Gasteiger partial charge >= 0.3 is 0 Å². The Kier molecular flexibility index (Phi) is 5.16. The van der Waals surface area contributed by atoms with E-state index in [4.69, 9.17) is 22.7 Å². The summed E-state index contributed by atoms with van der Waals surface area (Å²) in [5.74, 6) is 1.78. The molecule has 0 unspecified atom stereocenters. The van der Waals surface area contributed by atoms with Crippen LogP contribution in [0.3, 0.4) is 0 Å². The van der Waals surface area contributed by atoms with Gasteiger partial charge in [-0.3, -0.25) is 0 Å². The number of hydrogen-bond donors (Lipinski definition) is 1. The molecule has 0 aromatic heterocycles. The summed E-state index contributed by atoms with van der Waals surface area (Å²) in [4.78, 5) is 2.78. The highest BCUT2D eigenvalue weighted by Crippen LogP contribution is 2.26. The van der Waals surface area contributed by atoms with Crippen LogP contribution in [0.25, 0.3) is 0 Å². The van der Waals surface area contributed by atoms with Gasteiger partial charge in [0.1, 0.15) is 17.3 Å². The molecule has 1 fully saturated rings. The number of benzene rings is 1. The van der Waals surface area contributed by atoms with Crippen LogP contribution in [0.15, 0.2) is 24.3 Å². The Morgan fingerprint density at radius 2 is 2.05 bits per heavy atom. The van der Waals surface area contributed by atoms with Crippen LogP contribution >= 0.6 is 12.2 Å². The van der Waals surface area contributed by atoms with Crippen molar-refractivity contribution in [2.75, 3.05) is 26.7 Å². The van der Waals surface area contributed by atoms with Crippen molar-refractivity contribution in [1.29, 1.82) is 0 Å². The van der Waals surface area contributed by atoms with Crippen LogP contribution in [-0.4, -0.2) is 36.6 Å². The maximum Gasteiger partial charge on any atom is 0.119 e. The molecule has 0 radical (unpaired) electrons. The zero-order chi connectivity index (χ0) is 13.7. The van der Waals surface area contributed by atoms with Gasteiger partial charge in [-0.1, -0.05) is 18.6 Å². The van der Waals surface area contributed by atoms with Gasteiger partial charge in [-0.15, -0.1) is 0 Å². The van der Waals surface area contributed by atoms with E-state index in [0.717, 1.165) is 30.4 Å². The first-order chi connectivity index (χ1) is 9.15. The SMILES string of the molecule is CN(CCOc1ccc(C(N)=S)cc1)CC1CCC1. The van der Waals surface area contributed by atoms with Crippen LogP contribution in [0.4, 0.5) is 0 Å². The van der Waals surface area contributed by atoms with Gasteiger partial charge in [0.05, 0.1) is 0 Å². The van der Waals surface area contributed by atoms with E-state index >= 15 is 0 Å². The fourth-order valence-corrected chi connectivity index (χ4v) is 2.38. The van der Waals surface area contributed by atoms with Crippen LogP contribution in [-0.2, 0) is 0 Å². The van der Waals surface area contributed by atoms with Gasteiger partial charge in [0.15, 0.2) is 0 Å². The summed E-state index contributed by atoms with van der Waals surface area (Å²) in [7, 11) is 2.16. The van der Waals surface area contributed by atoms with Crippen LogP contribution in [0.1, 0.15) is 24.8 Å². The minimum atomic E-state index is 0.423. The van der Waals surface area contributed by atoms with Crippen molar-refractivity contribution < 1.29 is 4.74 Å². The van der Waals surface area contributed by atoms with Gasteiger partial charge in [0.25, 0.3) is 0 Å². The Hall–Kier alpha value is -1.13. The summed E-state index contributed by atoms with van der Waals surface area (Å²) in [5, 5.41) is 0. The van der Waals surface area contributed by atoms with Gasteiger partial charge in [-0.25, -0.2) is 0 Å². The molecular formula is C15H22N2OS.